The molecular formula is C18H14Br2O. The van der Waals surface area contributed by atoms with E-state index in [9.17, 15) is 4.79 Å². The molecule has 106 valence electrons. The molecule has 0 heterocycles. The first-order valence-electron chi connectivity index (χ1n) is 6.88. The summed E-state index contributed by atoms with van der Waals surface area (Å²) in [5, 5.41) is 0. The fourth-order valence-corrected chi connectivity index (χ4v) is 3.98. The first-order chi connectivity index (χ1) is 10.1. The molecule has 1 aliphatic carbocycles. The number of halogens is 2. The van der Waals surface area contributed by atoms with Crippen LogP contribution in [-0.2, 0) is 4.79 Å². The van der Waals surface area contributed by atoms with Crippen LogP contribution in [0.1, 0.15) is 29.9 Å². The minimum absolute atomic E-state index is 0.202. The zero-order chi connectivity index (χ0) is 14.8. The number of carbonyl (C=O) groups is 1. The molecule has 21 heavy (non-hydrogen) atoms. The Labute approximate surface area is 141 Å². The fraction of sp³-hybridized carbons (Fsp3) is 0.167. The van der Waals surface area contributed by atoms with E-state index in [1.54, 1.807) is 6.08 Å². The second-order valence-corrected chi connectivity index (χ2v) is 6.95. The van der Waals surface area contributed by atoms with E-state index in [4.69, 9.17) is 0 Å². The van der Waals surface area contributed by atoms with Gasteiger partial charge in [-0.15, -0.1) is 0 Å². The highest BCUT2D eigenvalue weighted by molar-refractivity contribution is 9.10. The van der Waals surface area contributed by atoms with Gasteiger partial charge in [0.2, 0.25) is 0 Å². The standard InChI is InChI=1S/C18H14Br2O/c19-17-7-3-1-5-15(17)12-9-13(11-14(21)10-12)16-6-2-4-8-18(16)20/h1-8,10,13H,9,11H2. The molecule has 0 fully saturated rings. The Morgan fingerprint density at radius 1 is 0.857 bits per heavy atom. The highest BCUT2D eigenvalue weighted by atomic mass is 79.9. The Balaban J connectivity index is 1.97. The Morgan fingerprint density at radius 3 is 2.24 bits per heavy atom. The third-order valence-electron chi connectivity index (χ3n) is 3.81. The summed E-state index contributed by atoms with van der Waals surface area (Å²) in [7, 11) is 0. The Hall–Kier alpha value is -1.19. The van der Waals surface area contributed by atoms with Gasteiger partial charge < -0.3 is 0 Å². The lowest BCUT2D eigenvalue weighted by molar-refractivity contribution is -0.115. The molecule has 3 rings (SSSR count). The molecule has 0 amide bonds. The van der Waals surface area contributed by atoms with Crippen molar-refractivity contribution in [2.24, 2.45) is 0 Å². The molecule has 0 radical (unpaired) electrons. The fourth-order valence-electron chi connectivity index (χ4n) is 2.83. The molecule has 3 heteroatoms. The van der Waals surface area contributed by atoms with Gasteiger partial charge >= 0.3 is 0 Å². The van der Waals surface area contributed by atoms with E-state index in [0.29, 0.717) is 6.42 Å². The van der Waals surface area contributed by atoms with Gasteiger partial charge in [-0.25, -0.2) is 0 Å². The van der Waals surface area contributed by atoms with E-state index < -0.39 is 0 Å². The highest BCUT2D eigenvalue weighted by Crippen LogP contribution is 2.40. The maximum atomic E-state index is 12.1. The molecule has 0 aromatic heterocycles. The molecule has 1 unspecified atom stereocenters. The summed E-state index contributed by atoms with van der Waals surface area (Å²) >= 11 is 7.18. The minimum atomic E-state index is 0.202. The number of carbonyl (C=O) groups excluding carboxylic acids is 1. The number of ketones is 1. The van der Waals surface area contributed by atoms with Crippen LogP contribution in [0.5, 0.6) is 0 Å². The predicted octanol–water partition coefficient (Wildman–Crippen LogP) is 5.74. The van der Waals surface area contributed by atoms with Crippen molar-refractivity contribution < 1.29 is 4.79 Å². The van der Waals surface area contributed by atoms with Crippen molar-refractivity contribution in [1.29, 1.82) is 0 Å². The summed E-state index contributed by atoms with van der Waals surface area (Å²) < 4.78 is 2.12. The number of rotatable bonds is 2. The van der Waals surface area contributed by atoms with E-state index in [2.05, 4.69) is 44.0 Å². The smallest absolute Gasteiger partial charge is 0.156 e. The van der Waals surface area contributed by atoms with Crippen molar-refractivity contribution in [1.82, 2.24) is 0 Å². The van der Waals surface area contributed by atoms with Gasteiger partial charge in [-0.1, -0.05) is 68.3 Å². The van der Waals surface area contributed by atoms with Crippen LogP contribution in [0.25, 0.3) is 5.57 Å². The molecule has 2 aromatic rings. The van der Waals surface area contributed by atoms with Gasteiger partial charge in [0.05, 0.1) is 0 Å². The Bertz CT molecular complexity index is 719. The zero-order valence-corrected chi connectivity index (χ0v) is 14.5. The average molecular weight is 406 g/mol. The van der Waals surface area contributed by atoms with Crippen LogP contribution >= 0.6 is 31.9 Å². The molecule has 0 N–H and O–H groups in total. The summed E-state index contributed by atoms with van der Waals surface area (Å²) in [6.07, 6.45) is 3.26. The molecule has 0 spiro atoms. The molecule has 0 aliphatic heterocycles. The van der Waals surface area contributed by atoms with E-state index in [0.717, 1.165) is 26.5 Å². The van der Waals surface area contributed by atoms with E-state index in [1.807, 2.05) is 36.4 Å². The number of benzene rings is 2. The quantitative estimate of drug-likeness (QED) is 0.622. The lowest BCUT2D eigenvalue weighted by atomic mass is 9.81. The lowest BCUT2D eigenvalue weighted by Crippen LogP contribution is -2.13. The SMILES string of the molecule is O=C1C=C(c2ccccc2Br)CC(c2ccccc2Br)C1. The van der Waals surface area contributed by atoms with Crippen LogP contribution in [0, 0.1) is 0 Å². The third kappa shape index (κ3) is 3.19. The van der Waals surface area contributed by atoms with Crippen molar-refractivity contribution in [3.63, 3.8) is 0 Å². The van der Waals surface area contributed by atoms with Gasteiger partial charge in [0.25, 0.3) is 0 Å². The molecule has 1 atom stereocenters. The van der Waals surface area contributed by atoms with Gasteiger partial charge in [-0.05, 0) is 47.2 Å². The highest BCUT2D eigenvalue weighted by Gasteiger charge is 2.24. The third-order valence-corrected chi connectivity index (χ3v) is 5.23. The van der Waals surface area contributed by atoms with Crippen LogP contribution in [-0.4, -0.2) is 5.78 Å². The first kappa shape index (κ1) is 14.7. The van der Waals surface area contributed by atoms with Gasteiger partial charge in [0.15, 0.2) is 5.78 Å². The maximum absolute atomic E-state index is 12.1. The van der Waals surface area contributed by atoms with Crippen molar-refractivity contribution in [2.45, 2.75) is 18.8 Å². The summed E-state index contributed by atoms with van der Waals surface area (Å²) in [4.78, 5) is 12.1. The normalized spacial score (nSPS) is 18.5. The summed E-state index contributed by atoms with van der Waals surface area (Å²) in [5.74, 6) is 0.438. The first-order valence-corrected chi connectivity index (χ1v) is 8.46. The number of hydrogen-bond donors (Lipinski definition) is 0. The largest absolute Gasteiger partial charge is 0.295 e. The lowest BCUT2D eigenvalue weighted by Gasteiger charge is -2.24. The Kier molecular flexibility index (Phi) is 4.41. The summed E-state index contributed by atoms with van der Waals surface area (Å²) in [6.45, 7) is 0. The monoisotopic (exact) mass is 404 g/mol. The van der Waals surface area contributed by atoms with Crippen molar-refractivity contribution >= 4 is 43.2 Å². The molecular weight excluding hydrogens is 392 g/mol. The second-order valence-electron chi connectivity index (χ2n) is 5.24. The van der Waals surface area contributed by atoms with Crippen molar-refractivity contribution in [2.75, 3.05) is 0 Å². The summed E-state index contributed by atoms with van der Waals surface area (Å²) in [6, 6.07) is 16.2. The van der Waals surface area contributed by atoms with Crippen LogP contribution in [0.3, 0.4) is 0 Å². The predicted molar refractivity (Wildman–Crippen MR) is 93.2 cm³/mol. The Morgan fingerprint density at radius 2 is 1.52 bits per heavy atom. The molecule has 0 saturated heterocycles. The van der Waals surface area contributed by atoms with E-state index >= 15 is 0 Å². The second kappa shape index (κ2) is 6.29. The van der Waals surface area contributed by atoms with Crippen LogP contribution in [0.15, 0.2) is 63.6 Å². The molecule has 1 aliphatic rings. The van der Waals surface area contributed by atoms with Crippen LogP contribution in [0.4, 0.5) is 0 Å². The van der Waals surface area contributed by atoms with Gasteiger partial charge in [0, 0.05) is 15.4 Å². The maximum Gasteiger partial charge on any atom is 0.156 e. The average Bonchev–Trinajstić information content (AvgIpc) is 2.47. The van der Waals surface area contributed by atoms with Gasteiger partial charge in [-0.2, -0.15) is 0 Å². The zero-order valence-electron chi connectivity index (χ0n) is 11.4. The molecule has 0 saturated carbocycles. The van der Waals surface area contributed by atoms with Crippen LogP contribution in [0.2, 0.25) is 0 Å². The molecule has 0 bridgehead atoms. The molecule has 2 aromatic carbocycles. The minimum Gasteiger partial charge on any atom is -0.295 e. The number of hydrogen-bond acceptors (Lipinski definition) is 1. The van der Waals surface area contributed by atoms with E-state index in [-0.39, 0.29) is 11.7 Å². The molecule has 1 nitrogen and oxygen atoms in total. The van der Waals surface area contributed by atoms with Gasteiger partial charge in [0.1, 0.15) is 0 Å². The van der Waals surface area contributed by atoms with Crippen LogP contribution < -0.4 is 0 Å². The summed E-state index contributed by atoms with van der Waals surface area (Å²) in [5.41, 5.74) is 3.44. The van der Waals surface area contributed by atoms with Crippen molar-refractivity contribution in [3.05, 3.63) is 74.7 Å². The van der Waals surface area contributed by atoms with E-state index in [1.165, 1.54) is 5.56 Å². The van der Waals surface area contributed by atoms with Crippen molar-refractivity contribution in [3.8, 4) is 0 Å². The number of allylic oxidation sites excluding steroid dienone is 2. The van der Waals surface area contributed by atoms with Gasteiger partial charge in [-0.3, -0.25) is 4.79 Å². The topological polar surface area (TPSA) is 17.1 Å².